The lowest BCUT2D eigenvalue weighted by atomic mass is 10.1. The van der Waals surface area contributed by atoms with Gasteiger partial charge in [-0.15, -0.1) is 0 Å². The van der Waals surface area contributed by atoms with E-state index in [-0.39, 0.29) is 23.7 Å². The first-order valence-corrected chi connectivity index (χ1v) is 7.69. The van der Waals surface area contributed by atoms with E-state index in [1.165, 1.54) is 0 Å². The molecule has 0 heterocycles. The van der Waals surface area contributed by atoms with E-state index in [1.54, 1.807) is 24.3 Å². The molecule has 4 nitrogen and oxygen atoms in total. The van der Waals surface area contributed by atoms with Crippen molar-refractivity contribution >= 4 is 29.1 Å². The molecule has 1 fully saturated rings. The van der Waals surface area contributed by atoms with Gasteiger partial charge in [0.1, 0.15) is 0 Å². The molecule has 2 rings (SSSR count). The van der Waals surface area contributed by atoms with E-state index in [1.807, 2.05) is 0 Å². The summed E-state index contributed by atoms with van der Waals surface area (Å²) in [7, 11) is 0. The summed E-state index contributed by atoms with van der Waals surface area (Å²) in [6.07, 6.45) is 1.59. The van der Waals surface area contributed by atoms with Crippen LogP contribution in [-0.2, 0) is 9.59 Å². The molecule has 21 heavy (non-hydrogen) atoms. The standard InChI is InChI=1S/C16H21ClN2O2/c1-10(2)7-8-18-15(20)13-9-14(13)16(21)19-12-5-3-11(17)4-6-12/h3-6,10,13-14H,7-9H2,1-2H3,(H,18,20)(H,19,21). The van der Waals surface area contributed by atoms with Crippen molar-refractivity contribution in [2.24, 2.45) is 17.8 Å². The van der Waals surface area contributed by atoms with E-state index in [0.29, 0.717) is 29.6 Å². The van der Waals surface area contributed by atoms with E-state index in [9.17, 15) is 9.59 Å². The van der Waals surface area contributed by atoms with Crippen LogP contribution in [0.1, 0.15) is 26.7 Å². The summed E-state index contributed by atoms with van der Waals surface area (Å²) in [5.41, 5.74) is 0.704. The molecule has 1 aromatic carbocycles. The lowest BCUT2D eigenvalue weighted by Gasteiger charge is -2.07. The maximum Gasteiger partial charge on any atom is 0.228 e. The largest absolute Gasteiger partial charge is 0.356 e. The molecule has 0 saturated heterocycles. The molecule has 1 aliphatic carbocycles. The van der Waals surface area contributed by atoms with Crippen LogP contribution in [0.2, 0.25) is 5.02 Å². The summed E-state index contributed by atoms with van der Waals surface area (Å²) in [5.74, 6) is 0.0749. The van der Waals surface area contributed by atoms with Gasteiger partial charge in [0.15, 0.2) is 0 Å². The van der Waals surface area contributed by atoms with Gasteiger partial charge < -0.3 is 10.6 Å². The minimum absolute atomic E-state index is 0.00749. The van der Waals surface area contributed by atoms with Gasteiger partial charge in [-0.25, -0.2) is 0 Å². The van der Waals surface area contributed by atoms with Gasteiger partial charge in [-0.05, 0) is 43.0 Å². The fraction of sp³-hybridized carbons (Fsp3) is 0.500. The molecule has 5 heteroatoms. The molecule has 2 amide bonds. The Morgan fingerprint density at radius 1 is 1.19 bits per heavy atom. The molecular weight excluding hydrogens is 288 g/mol. The van der Waals surface area contributed by atoms with Crippen LogP contribution in [-0.4, -0.2) is 18.4 Å². The number of nitrogens with one attached hydrogen (secondary N) is 2. The predicted octanol–water partition coefficient (Wildman–Crippen LogP) is 3.08. The van der Waals surface area contributed by atoms with Gasteiger partial charge >= 0.3 is 0 Å². The number of carbonyl (C=O) groups excluding carboxylic acids is 2. The highest BCUT2D eigenvalue weighted by molar-refractivity contribution is 6.30. The van der Waals surface area contributed by atoms with Gasteiger partial charge in [-0.3, -0.25) is 9.59 Å². The normalized spacial score (nSPS) is 20.2. The Bertz CT molecular complexity index is 514. The van der Waals surface area contributed by atoms with Gasteiger partial charge in [0, 0.05) is 17.3 Å². The topological polar surface area (TPSA) is 58.2 Å². The van der Waals surface area contributed by atoms with Crippen molar-refractivity contribution in [3.05, 3.63) is 29.3 Å². The molecule has 2 N–H and O–H groups in total. The van der Waals surface area contributed by atoms with Crippen molar-refractivity contribution in [2.45, 2.75) is 26.7 Å². The third kappa shape index (κ3) is 4.74. The molecule has 1 saturated carbocycles. The Hall–Kier alpha value is -1.55. The number of benzene rings is 1. The molecule has 0 bridgehead atoms. The minimum atomic E-state index is -0.209. The number of carbonyl (C=O) groups is 2. The van der Waals surface area contributed by atoms with Crippen molar-refractivity contribution < 1.29 is 9.59 Å². The molecule has 1 aromatic rings. The maximum atomic E-state index is 12.0. The monoisotopic (exact) mass is 308 g/mol. The zero-order valence-corrected chi connectivity index (χ0v) is 13.1. The highest BCUT2D eigenvalue weighted by atomic mass is 35.5. The molecule has 0 aliphatic heterocycles. The summed E-state index contributed by atoms with van der Waals surface area (Å²) in [6.45, 7) is 4.91. The highest BCUT2D eigenvalue weighted by Crippen LogP contribution is 2.39. The number of halogens is 1. The Labute approximate surface area is 130 Å². The van der Waals surface area contributed by atoms with Gasteiger partial charge in [0.05, 0.1) is 11.8 Å². The van der Waals surface area contributed by atoms with Crippen molar-refractivity contribution in [3.63, 3.8) is 0 Å². The minimum Gasteiger partial charge on any atom is -0.356 e. The van der Waals surface area contributed by atoms with Crippen LogP contribution in [0.3, 0.4) is 0 Å². The summed E-state index contributed by atoms with van der Waals surface area (Å²) in [6, 6.07) is 6.95. The molecule has 114 valence electrons. The first-order chi connectivity index (χ1) is 9.97. The summed E-state index contributed by atoms with van der Waals surface area (Å²) < 4.78 is 0. The number of anilines is 1. The van der Waals surface area contributed by atoms with Crippen molar-refractivity contribution in [2.75, 3.05) is 11.9 Å². The van der Waals surface area contributed by atoms with Crippen LogP contribution in [0, 0.1) is 17.8 Å². The molecular formula is C16H21ClN2O2. The Morgan fingerprint density at radius 3 is 2.43 bits per heavy atom. The second-order valence-corrected chi connectivity index (χ2v) is 6.35. The van der Waals surface area contributed by atoms with E-state index < -0.39 is 0 Å². The lowest BCUT2D eigenvalue weighted by molar-refractivity contribution is -0.125. The SMILES string of the molecule is CC(C)CCNC(=O)C1CC1C(=O)Nc1ccc(Cl)cc1. The van der Waals surface area contributed by atoms with E-state index >= 15 is 0 Å². The first kappa shape index (κ1) is 15.8. The smallest absolute Gasteiger partial charge is 0.228 e. The molecule has 2 unspecified atom stereocenters. The fourth-order valence-corrected chi connectivity index (χ4v) is 2.28. The Morgan fingerprint density at radius 2 is 1.81 bits per heavy atom. The quantitative estimate of drug-likeness (QED) is 0.848. The summed E-state index contributed by atoms with van der Waals surface area (Å²) in [5, 5.41) is 6.34. The van der Waals surface area contributed by atoms with Crippen LogP contribution in [0.5, 0.6) is 0 Å². The van der Waals surface area contributed by atoms with Gasteiger partial charge in [0.25, 0.3) is 0 Å². The van der Waals surface area contributed by atoms with Crippen molar-refractivity contribution in [1.82, 2.24) is 5.32 Å². The average Bonchev–Trinajstić information content (AvgIpc) is 3.21. The zero-order valence-electron chi connectivity index (χ0n) is 12.4. The second-order valence-electron chi connectivity index (χ2n) is 5.92. The molecule has 1 aliphatic rings. The number of hydrogen-bond donors (Lipinski definition) is 2. The van der Waals surface area contributed by atoms with Crippen molar-refractivity contribution in [1.29, 1.82) is 0 Å². The number of hydrogen-bond acceptors (Lipinski definition) is 2. The van der Waals surface area contributed by atoms with Crippen LogP contribution in [0.25, 0.3) is 0 Å². The van der Waals surface area contributed by atoms with Crippen LogP contribution >= 0.6 is 11.6 Å². The second kappa shape index (κ2) is 6.94. The lowest BCUT2D eigenvalue weighted by Crippen LogP contribution is -2.28. The van der Waals surface area contributed by atoms with Crippen LogP contribution < -0.4 is 10.6 Å². The Kier molecular flexibility index (Phi) is 5.23. The number of amides is 2. The molecule has 0 radical (unpaired) electrons. The van der Waals surface area contributed by atoms with Gasteiger partial charge in [-0.1, -0.05) is 25.4 Å². The van der Waals surface area contributed by atoms with Crippen LogP contribution in [0.4, 0.5) is 5.69 Å². The van der Waals surface area contributed by atoms with Gasteiger partial charge in [0.2, 0.25) is 11.8 Å². The maximum absolute atomic E-state index is 12.0. The highest BCUT2D eigenvalue weighted by Gasteiger charge is 2.47. The fourth-order valence-electron chi connectivity index (χ4n) is 2.16. The molecule has 0 spiro atoms. The summed E-state index contributed by atoms with van der Waals surface area (Å²) in [4.78, 5) is 23.9. The third-order valence-corrected chi connectivity index (χ3v) is 3.85. The van der Waals surface area contributed by atoms with Gasteiger partial charge in [-0.2, -0.15) is 0 Å². The predicted molar refractivity (Wildman–Crippen MR) is 84.1 cm³/mol. The van der Waals surface area contributed by atoms with Crippen LogP contribution in [0.15, 0.2) is 24.3 Å². The Balaban J connectivity index is 1.75. The number of rotatable bonds is 6. The summed E-state index contributed by atoms with van der Waals surface area (Å²) >= 11 is 5.79. The van der Waals surface area contributed by atoms with E-state index in [2.05, 4.69) is 24.5 Å². The third-order valence-electron chi connectivity index (χ3n) is 3.60. The average molecular weight is 309 g/mol. The van der Waals surface area contributed by atoms with E-state index in [0.717, 1.165) is 6.42 Å². The van der Waals surface area contributed by atoms with Crippen molar-refractivity contribution in [3.8, 4) is 0 Å². The molecule has 0 aromatic heterocycles. The van der Waals surface area contributed by atoms with E-state index in [4.69, 9.17) is 11.6 Å². The first-order valence-electron chi connectivity index (χ1n) is 7.31. The zero-order chi connectivity index (χ0) is 15.4. The molecule has 2 atom stereocenters.